The number of hydrogen-bond acceptors (Lipinski definition) is 1. The molecule has 0 saturated heterocycles. The molecule has 0 spiro atoms. The first kappa shape index (κ1) is 15.8. The maximum absolute atomic E-state index is 5.96. The molecule has 0 amide bonds. The molecule has 2 heteroatoms. The van der Waals surface area contributed by atoms with E-state index in [9.17, 15) is 0 Å². The normalized spacial score (nSPS) is 11.6. The Morgan fingerprint density at radius 1 is 1.11 bits per heavy atom. The van der Waals surface area contributed by atoms with E-state index >= 15 is 0 Å². The first-order valence-electron chi connectivity index (χ1n) is 6.88. The lowest BCUT2D eigenvalue weighted by Gasteiger charge is -2.23. The van der Waals surface area contributed by atoms with Crippen molar-refractivity contribution in [2.45, 2.75) is 58.8 Å². The molecule has 0 fully saturated rings. The highest BCUT2D eigenvalue weighted by Gasteiger charge is 2.19. The van der Waals surface area contributed by atoms with Gasteiger partial charge in [0.2, 0.25) is 0 Å². The highest BCUT2D eigenvalue weighted by molar-refractivity contribution is 14.1. The Bertz CT molecular complexity index is 366. The minimum absolute atomic E-state index is 0.139. The van der Waals surface area contributed by atoms with E-state index in [4.69, 9.17) is 4.74 Å². The number of hydrogen-bond donors (Lipinski definition) is 0. The van der Waals surface area contributed by atoms with E-state index in [0.29, 0.717) is 0 Å². The Morgan fingerprint density at radius 2 is 1.83 bits per heavy atom. The van der Waals surface area contributed by atoms with Crippen LogP contribution in [0.3, 0.4) is 0 Å². The maximum atomic E-state index is 5.96. The number of ether oxygens (including phenoxy) is 1. The largest absolute Gasteiger partial charge is 0.493 e. The average Bonchev–Trinajstić information content (AvgIpc) is 2.29. The van der Waals surface area contributed by atoms with Crippen molar-refractivity contribution in [1.29, 1.82) is 0 Å². The molecule has 0 heterocycles. The molecule has 0 aliphatic rings. The van der Waals surface area contributed by atoms with Crippen LogP contribution in [0.2, 0.25) is 0 Å². The zero-order valence-corrected chi connectivity index (χ0v) is 14.2. The summed E-state index contributed by atoms with van der Waals surface area (Å²) in [7, 11) is 0. The molecule has 0 bridgehead atoms. The minimum atomic E-state index is 0.139. The van der Waals surface area contributed by atoms with Crippen LogP contribution in [-0.2, 0) is 5.41 Å². The van der Waals surface area contributed by atoms with Gasteiger partial charge in [-0.25, -0.2) is 0 Å². The Morgan fingerprint density at radius 3 is 2.44 bits per heavy atom. The number of rotatable bonds is 6. The second kappa shape index (κ2) is 7.37. The molecule has 0 N–H and O–H groups in total. The second-order valence-electron chi connectivity index (χ2n) is 5.80. The van der Waals surface area contributed by atoms with Gasteiger partial charge in [-0.15, -0.1) is 0 Å². The molecule has 0 aromatic heterocycles. The molecule has 0 saturated carbocycles. The highest BCUT2D eigenvalue weighted by atomic mass is 127. The van der Waals surface area contributed by atoms with E-state index in [1.54, 1.807) is 0 Å². The molecule has 1 nitrogen and oxygen atoms in total. The fraction of sp³-hybridized carbons (Fsp3) is 0.625. The van der Waals surface area contributed by atoms with Crippen LogP contribution in [0.5, 0.6) is 5.75 Å². The van der Waals surface area contributed by atoms with Gasteiger partial charge in [-0.05, 0) is 52.6 Å². The third kappa shape index (κ3) is 5.17. The predicted octanol–water partition coefficient (Wildman–Crippen LogP) is 5.55. The Kier molecular flexibility index (Phi) is 6.47. The number of unbranched alkanes of at least 4 members (excludes halogenated alkanes) is 3. The van der Waals surface area contributed by atoms with E-state index in [0.717, 1.165) is 18.8 Å². The highest BCUT2D eigenvalue weighted by Crippen LogP contribution is 2.32. The van der Waals surface area contributed by atoms with Crippen molar-refractivity contribution < 1.29 is 4.74 Å². The molecule has 102 valence electrons. The van der Waals surface area contributed by atoms with Gasteiger partial charge in [0.1, 0.15) is 5.75 Å². The van der Waals surface area contributed by atoms with Crippen LogP contribution >= 0.6 is 22.6 Å². The first-order chi connectivity index (χ1) is 8.45. The maximum Gasteiger partial charge on any atom is 0.123 e. The zero-order chi connectivity index (χ0) is 13.6. The molecule has 0 aliphatic carbocycles. The monoisotopic (exact) mass is 360 g/mol. The molecule has 0 aliphatic heterocycles. The van der Waals surface area contributed by atoms with Crippen LogP contribution in [0.4, 0.5) is 0 Å². The summed E-state index contributed by atoms with van der Waals surface area (Å²) >= 11 is 2.36. The van der Waals surface area contributed by atoms with Gasteiger partial charge in [0.15, 0.2) is 0 Å². The summed E-state index contributed by atoms with van der Waals surface area (Å²) in [6.07, 6.45) is 5.01. The Balaban J connectivity index is 2.65. The molecule has 1 aromatic rings. The fourth-order valence-electron chi connectivity index (χ4n) is 1.93. The van der Waals surface area contributed by atoms with E-state index in [2.05, 4.69) is 68.5 Å². The van der Waals surface area contributed by atoms with E-state index in [1.165, 1.54) is 28.4 Å². The quantitative estimate of drug-likeness (QED) is 0.478. The van der Waals surface area contributed by atoms with Crippen molar-refractivity contribution >= 4 is 22.6 Å². The smallest absolute Gasteiger partial charge is 0.123 e. The van der Waals surface area contributed by atoms with Gasteiger partial charge in [-0.1, -0.05) is 47.0 Å². The van der Waals surface area contributed by atoms with Crippen LogP contribution in [0.1, 0.15) is 58.9 Å². The van der Waals surface area contributed by atoms with Gasteiger partial charge in [-0.2, -0.15) is 0 Å². The van der Waals surface area contributed by atoms with E-state index in [-0.39, 0.29) is 5.41 Å². The second-order valence-corrected chi connectivity index (χ2v) is 7.05. The summed E-state index contributed by atoms with van der Waals surface area (Å²) in [5.74, 6) is 1.06. The van der Waals surface area contributed by atoms with Gasteiger partial charge >= 0.3 is 0 Å². The van der Waals surface area contributed by atoms with E-state index in [1.807, 2.05) is 0 Å². The molecule has 0 radical (unpaired) electrons. The molecular formula is C16H25IO. The lowest BCUT2D eigenvalue weighted by molar-refractivity contribution is 0.297. The van der Waals surface area contributed by atoms with Crippen molar-refractivity contribution in [1.82, 2.24) is 0 Å². The SMILES string of the molecule is CCCCCCOc1ccc(I)cc1C(C)(C)C. The average molecular weight is 360 g/mol. The van der Waals surface area contributed by atoms with Gasteiger partial charge in [0.25, 0.3) is 0 Å². The molecule has 18 heavy (non-hydrogen) atoms. The third-order valence-electron chi connectivity index (χ3n) is 3.01. The summed E-state index contributed by atoms with van der Waals surface area (Å²) in [6, 6.07) is 6.47. The van der Waals surface area contributed by atoms with Gasteiger partial charge in [-0.3, -0.25) is 0 Å². The van der Waals surface area contributed by atoms with Gasteiger partial charge in [0, 0.05) is 9.13 Å². The zero-order valence-electron chi connectivity index (χ0n) is 12.1. The van der Waals surface area contributed by atoms with Crippen molar-refractivity contribution in [3.8, 4) is 5.75 Å². The lowest BCUT2D eigenvalue weighted by atomic mass is 9.86. The van der Waals surface area contributed by atoms with Crippen molar-refractivity contribution in [2.75, 3.05) is 6.61 Å². The van der Waals surface area contributed by atoms with Crippen LogP contribution in [0, 0.1) is 3.57 Å². The lowest BCUT2D eigenvalue weighted by Crippen LogP contribution is -2.14. The molecule has 0 atom stereocenters. The Labute approximate surface area is 125 Å². The summed E-state index contributed by atoms with van der Waals surface area (Å²) in [6.45, 7) is 9.79. The summed E-state index contributed by atoms with van der Waals surface area (Å²) in [4.78, 5) is 0. The minimum Gasteiger partial charge on any atom is -0.493 e. The summed E-state index contributed by atoms with van der Waals surface area (Å²) in [5, 5.41) is 0. The van der Waals surface area contributed by atoms with Crippen LogP contribution in [0.25, 0.3) is 0 Å². The van der Waals surface area contributed by atoms with Crippen molar-refractivity contribution in [3.63, 3.8) is 0 Å². The summed E-state index contributed by atoms with van der Waals surface area (Å²) in [5.41, 5.74) is 1.45. The molecular weight excluding hydrogens is 335 g/mol. The standard InChI is InChI=1S/C16H25IO/c1-5-6-7-8-11-18-15-10-9-13(17)12-14(15)16(2,3)4/h9-10,12H,5-8,11H2,1-4H3. The Hall–Kier alpha value is -0.250. The third-order valence-corrected chi connectivity index (χ3v) is 3.68. The predicted molar refractivity (Wildman–Crippen MR) is 87.5 cm³/mol. The number of halogens is 1. The van der Waals surface area contributed by atoms with Gasteiger partial charge < -0.3 is 4.74 Å². The van der Waals surface area contributed by atoms with Crippen molar-refractivity contribution in [2.24, 2.45) is 0 Å². The van der Waals surface area contributed by atoms with Crippen LogP contribution in [-0.4, -0.2) is 6.61 Å². The van der Waals surface area contributed by atoms with Crippen molar-refractivity contribution in [3.05, 3.63) is 27.3 Å². The molecule has 1 aromatic carbocycles. The first-order valence-corrected chi connectivity index (χ1v) is 7.96. The molecule has 1 rings (SSSR count). The molecule has 0 unspecified atom stereocenters. The van der Waals surface area contributed by atoms with E-state index < -0.39 is 0 Å². The number of benzene rings is 1. The topological polar surface area (TPSA) is 9.23 Å². The fourth-order valence-corrected chi connectivity index (χ4v) is 2.42. The van der Waals surface area contributed by atoms with Gasteiger partial charge in [0.05, 0.1) is 6.61 Å². The van der Waals surface area contributed by atoms with Crippen LogP contribution < -0.4 is 4.74 Å². The van der Waals surface area contributed by atoms with Crippen LogP contribution in [0.15, 0.2) is 18.2 Å². The summed E-state index contributed by atoms with van der Waals surface area (Å²) < 4.78 is 7.24.